The van der Waals surface area contributed by atoms with Crippen molar-refractivity contribution in [2.24, 2.45) is 0 Å². The maximum Gasteiger partial charge on any atom is 0.225 e. The second-order valence-corrected chi connectivity index (χ2v) is 5.33. The molecule has 112 valence electrons. The summed E-state index contributed by atoms with van der Waals surface area (Å²) in [6.07, 6.45) is 7.43. The van der Waals surface area contributed by atoms with Crippen LogP contribution in [0.25, 0.3) is 0 Å². The molecule has 0 spiro atoms. The molecule has 1 aromatic rings. The van der Waals surface area contributed by atoms with E-state index < -0.39 is 0 Å². The van der Waals surface area contributed by atoms with Crippen molar-refractivity contribution in [2.75, 3.05) is 50.7 Å². The zero-order valence-corrected chi connectivity index (χ0v) is 12.6. The van der Waals surface area contributed by atoms with Crippen LogP contribution >= 0.6 is 0 Å². The molecule has 0 aromatic carbocycles. The summed E-state index contributed by atoms with van der Waals surface area (Å²) in [5.41, 5.74) is 0. The standard InChI is InChI=1S/C15H27N5/c1-2-6-16-7-3-4-10-19-11-13-20(14-12-19)15-17-8-5-9-18-15/h5,8-9,16H,2-4,6-7,10-14H2,1H3. The zero-order valence-electron chi connectivity index (χ0n) is 12.6. The third kappa shape index (κ3) is 5.06. The first kappa shape index (κ1) is 15.2. The monoisotopic (exact) mass is 277 g/mol. The molecule has 1 fully saturated rings. The minimum Gasteiger partial charge on any atom is -0.338 e. The average Bonchev–Trinajstić information content (AvgIpc) is 2.52. The van der Waals surface area contributed by atoms with Gasteiger partial charge in [0.25, 0.3) is 0 Å². The SMILES string of the molecule is CCCNCCCCN1CCN(c2ncccn2)CC1. The van der Waals surface area contributed by atoms with E-state index in [0.29, 0.717) is 0 Å². The van der Waals surface area contributed by atoms with E-state index in [-0.39, 0.29) is 0 Å². The number of nitrogens with one attached hydrogen (secondary N) is 1. The van der Waals surface area contributed by atoms with Crippen LogP contribution in [0.4, 0.5) is 5.95 Å². The molecule has 20 heavy (non-hydrogen) atoms. The molecule has 1 aliphatic rings. The number of unbranched alkanes of at least 4 members (excludes halogenated alkanes) is 1. The van der Waals surface area contributed by atoms with Crippen molar-refractivity contribution in [1.29, 1.82) is 0 Å². The smallest absolute Gasteiger partial charge is 0.225 e. The molecule has 5 nitrogen and oxygen atoms in total. The number of rotatable bonds is 8. The Bertz CT molecular complexity index is 349. The Morgan fingerprint density at radius 1 is 1.05 bits per heavy atom. The first-order valence-electron chi connectivity index (χ1n) is 7.85. The minimum absolute atomic E-state index is 0.871. The summed E-state index contributed by atoms with van der Waals surface area (Å²) in [4.78, 5) is 13.5. The second kappa shape index (κ2) is 8.87. The fraction of sp³-hybridized carbons (Fsp3) is 0.733. The van der Waals surface area contributed by atoms with Crippen LogP contribution in [0.3, 0.4) is 0 Å². The summed E-state index contributed by atoms with van der Waals surface area (Å²) in [5, 5.41) is 3.46. The molecule has 1 aromatic heterocycles. The Hall–Kier alpha value is -1.20. The van der Waals surface area contributed by atoms with E-state index in [9.17, 15) is 0 Å². The van der Waals surface area contributed by atoms with Crippen LogP contribution in [0.2, 0.25) is 0 Å². The van der Waals surface area contributed by atoms with E-state index in [1.807, 2.05) is 18.5 Å². The molecular formula is C15H27N5. The molecule has 1 aliphatic heterocycles. The first-order chi connectivity index (χ1) is 9.90. The molecule has 0 aliphatic carbocycles. The Morgan fingerprint density at radius 2 is 1.80 bits per heavy atom. The van der Waals surface area contributed by atoms with Gasteiger partial charge >= 0.3 is 0 Å². The maximum atomic E-state index is 4.32. The molecule has 1 saturated heterocycles. The molecule has 5 heteroatoms. The Morgan fingerprint density at radius 3 is 2.50 bits per heavy atom. The van der Waals surface area contributed by atoms with Gasteiger partial charge < -0.3 is 10.2 Å². The average molecular weight is 277 g/mol. The van der Waals surface area contributed by atoms with Crippen molar-refractivity contribution in [3.05, 3.63) is 18.5 Å². The highest BCUT2D eigenvalue weighted by molar-refractivity contribution is 5.29. The van der Waals surface area contributed by atoms with Crippen LogP contribution in [0.5, 0.6) is 0 Å². The normalized spacial score (nSPS) is 16.6. The predicted molar refractivity (Wildman–Crippen MR) is 83.1 cm³/mol. The number of hydrogen-bond donors (Lipinski definition) is 1. The third-order valence-electron chi connectivity index (χ3n) is 3.71. The third-order valence-corrected chi connectivity index (χ3v) is 3.71. The summed E-state index contributed by atoms with van der Waals surface area (Å²) in [5.74, 6) is 0.871. The van der Waals surface area contributed by atoms with Gasteiger partial charge in [0, 0.05) is 38.6 Å². The minimum atomic E-state index is 0.871. The van der Waals surface area contributed by atoms with Gasteiger partial charge in [0.15, 0.2) is 0 Å². The summed E-state index contributed by atoms with van der Waals surface area (Å²) < 4.78 is 0. The lowest BCUT2D eigenvalue weighted by atomic mass is 10.2. The number of hydrogen-bond acceptors (Lipinski definition) is 5. The van der Waals surface area contributed by atoms with Crippen LogP contribution < -0.4 is 10.2 Å². The molecular weight excluding hydrogens is 250 g/mol. The summed E-state index contributed by atoms with van der Waals surface area (Å²) in [6.45, 7) is 10.1. The van der Waals surface area contributed by atoms with Gasteiger partial charge in [-0.3, -0.25) is 4.90 Å². The lowest BCUT2D eigenvalue weighted by Crippen LogP contribution is -2.47. The van der Waals surface area contributed by atoms with E-state index in [1.54, 1.807) is 0 Å². The van der Waals surface area contributed by atoms with Crippen LogP contribution in [0.1, 0.15) is 26.2 Å². The van der Waals surface area contributed by atoms with Crippen LogP contribution in [-0.4, -0.2) is 60.7 Å². The van der Waals surface area contributed by atoms with Gasteiger partial charge in [-0.2, -0.15) is 0 Å². The van der Waals surface area contributed by atoms with Crippen molar-refractivity contribution >= 4 is 5.95 Å². The van der Waals surface area contributed by atoms with E-state index >= 15 is 0 Å². The van der Waals surface area contributed by atoms with Gasteiger partial charge in [0.2, 0.25) is 5.95 Å². The van der Waals surface area contributed by atoms with Crippen LogP contribution in [-0.2, 0) is 0 Å². The summed E-state index contributed by atoms with van der Waals surface area (Å²) in [7, 11) is 0. The van der Waals surface area contributed by atoms with Crippen molar-refractivity contribution in [2.45, 2.75) is 26.2 Å². The van der Waals surface area contributed by atoms with Gasteiger partial charge in [-0.1, -0.05) is 6.92 Å². The van der Waals surface area contributed by atoms with Crippen molar-refractivity contribution < 1.29 is 0 Å². The largest absolute Gasteiger partial charge is 0.338 e. The summed E-state index contributed by atoms with van der Waals surface area (Å²) in [6, 6.07) is 1.87. The second-order valence-electron chi connectivity index (χ2n) is 5.33. The molecule has 0 radical (unpaired) electrons. The molecule has 0 unspecified atom stereocenters. The Kier molecular flexibility index (Phi) is 6.74. The van der Waals surface area contributed by atoms with Gasteiger partial charge in [0.1, 0.15) is 0 Å². The fourth-order valence-corrected chi connectivity index (χ4v) is 2.51. The van der Waals surface area contributed by atoms with Crippen LogP contribution in [0, 0.1) is 0 Å². The van der Waals surface area contributed by atoms with Gasteiger partial charge in [-0.05, 0) is 45.0 Å². The first-order valence-corrected chi connectivity index (χ1v) is 7.85. The number of anilines is 1. The molecule has 0 amide bonds. The highest BCUT2D eigenvalue weighted by Crippen LogP contribution is 2.09. The predicted octanol–water partition coefficient (Wildman–Crippen LogP) is 1.38. The Labute approximate surface area is 122 Å². The topological polar surface area (TPSA) is 44.3 Å². The quantitative estimate of drug-likeness (QED) is 0.727. The molecule has 2 rings (SSSR count). The van der Waals surface area contributed by atoms with Crippen molar-refractivity contribution in [3.63, 3.8) is 0 Å². The van der Waals surface area contributed by atoms with E-state index in [0.717, 1.165) is 45.2 Å². The van der Waals surface area contributed by atoms with Gasteiger partial charge in [-0.25, -0.2) is 9.97 Å². The molecule has 0 bridgehead atoms. The maximum absolute atomic E-state index is 4.32. The number of nitrogens with zero attached hydrogens (tertiary/aromatic N) is 4. The van der Waals surface area contributed by atoms with Gasteiger partial charge in [0.05, 0.1) is 0 Å². The molecule has 1 N–H and O–H groups in total. The lowest BCUT2D eigenvalue weighted by molar-refractivity contribution is 0.251. The highest BCUT2D eigenvalue weighted by Gasteiger charge is 2.17. The zero-order chi connectivity index (χ0) is 14.0. The van der Waals surface area contributed by atoms with Crippen molar-refractivity contribution in [3.8, 4) is 0 Å². The summed E-state index contributed by atoms with van der Waals surface area (Å²) >= 11 is 0. The van der Waals surface area contributed by atoms with Crippen LogP contribution in [0.15, 0.2) is 18.5 Å². The van der Waals surface area contributed by atoms with Crippen molar-refractivity contribution in [1.82, 2.24) is 20.2 Å². The number of piperazine rings is 1. The highest BCUT2D eigenvalue weighted by atomic mass is 15.3. The number of aromatic nitrogens is 2. The van der Waals surface area contributed by atoms with E-state index in [4.69, 9.17) is 0 Å². The fourth-order valence-electron chi connectivity index (χ4n) is 2.51. The molecule has 0 atom stereocenters. The molecule has 2 heterocycles. The van der Waals surface area contributed by atoms with Gasteiger partial charge in [-0.15, -0.1) is 0 Å². The van der Waals surface area contributed by atoms with E-state index in [2.05, 4.69) is 32.0 Å². The lowest BCUT2D eigenvalue weighted by Gasteiger charge is -2.34. The molecule has 0 saturated carbocycles. The van der Waals surface area contributed by atoms with E-state index in [1.165, 1.54) is 25.8 Å². The Balaban J connectivity index is 1.58.